The molecule has 3 fully saturated rings. The predicted octanol–water partition coefficient (Wildman–Crippen LogP) is 3.15. The van der Waals surface area contributed by atoms with Crippen molar-refractivity contribution < 1.29 is 23.4 Å². The summed E-state index contributed by atoms with van der Waals surface area (Å²) in [6, 6.07) is 8.66. The Bertz CT molecular complexity index is 1320. The van der Waals surface area contributed by atoms with Gasteiger partial charge in [0.25, 0.3) is 6.43 Å². The van der Waals surface area contributed by atoms with Crippen LogP contribution in [0.5, 0.6) is 0 Å². The summed E-state index contributed by atoms with van der Waals surface area (Å²) in [5, 5.41) is 13.2. The number of hydrogen-bond acceptors (Lipinski definition) is 8. The van der Waals surface area contributed by atoms with Crippen molar-refractivity contribution in [2.24, 2.45) is 5.92 Å². The highest BCUT2D eigenvalue weighted by Crippen LogP contribution is 2.31. The average Bonchev–Trinajstić information content (AvgIpc) is 3.58. The van der Waals surface area contributed by atoms with Crippen molar-refractivity contribution in [3.05, 3.63) is 36.2 Å². The van der Waals surface area contributed by atoms with Crippen LogP contribution in [0.25, 0.3) is 16.9 Å². The van der Waals surface area contributed by atoms with Crippen LogP contribution in [0, 0.1) is 5.92 Å². The lowest BCUT2D eigenvalue weighted by Crippen LogP contribution is -2.38. The highest BCUT2D eigenvalue weighted by Gasteiger charge is 2.33. The van der Waals surface area contributed by atoms with E-state index in [0.29, 0.717) is 80.9 Å². The minimum Gasteiger partial charge on any atom is -0.393 e. The predicted molar refractivity (Wildman–Crippen MR) is 141 cm³/mol. The molecule has 2 aliphatic heterocycles. The fraction of sp³-hybridized carbons (Fsp3) is 0.556. The first-order valence-corrected chi connectivity index (χ1v) is 13.7. The topological polar surface area (TPSA) is 109 Å². The number of morpholine rings is 1. The summed E-state index contributed by atoms with van der Waals surface area (Å²) in [4.78, 5) is 30.6. The quantitative estimate of drug-likeness (QED) is 0.490. The fourth-order valence-corrected chi connectivity index (χ4v) is 5.82. The maximum Gasteiger partial charge on any atom is 0.296 e. The van der Waals surface area contributed by atoms with Crippen LogP contribution in [0.4, 0.5) is 20.5 Å². The summed E-state index contributed by atoms with van der Waals surface area (Å²) in [5.74, 6) is 0.999. The summed E-state index contributed by atoms with van der Waals surface area (Å²) in [5.41, 5.74) is 1.01. The van der Waals surface area contributed by atoms with Gasteiger partial charge in [0.05, 0.1) is 30.4 Å². The second-order valence-electron chi connectivity index (χ2n) is 10.5. The molecular weight excluding hydrogens is 508 g/mol. The van der Waals surface area contributed by atoms with Gasteiger partial charge < -0.3 is 25.0 Å². The first-order chi connectivity index (χ1) is 19.0. The van der Waals surface area contributed by atoms with Crippen molar-refractivity contribution in [3.8, 4) is 5.82 Å². The van der Waals surface area contributed by atoms with E-state index in [2.05, 4.69) is 10.3 Å². The zero-order valence-corrected chi connectivity index (χ0v) is 21.7. The van der Waals surface area contributed by atoms with Gasteiger partial charge >= 0.3 is 0 Å². The van der Waals surface area contributed by atoms with Crippen molar-refractivity contribution in [3.63, 3.8) is 0 Å². The average molecular weight is 542 g/mol. The first-order valence-electron chi connectivity index (χ1n) is 13.7. The summed E-state index contributed by atoms with van der Waals surface area (Å²) in [7, 11) is 0. The molecule has 2 saturated heterocycles. The number of rotatable bonds is 6. The standard InChI is InChI=1S/C27H33F2N7O3/c28-24(29)25-31-20-3-1-2-4-21(20)36(25)23-15-22(32-27(33-23)34-11-13-39-14-12-34)30-18-9-10-35(16-18)26(38)17-5-7-19(37)8-6-17/h1-4,15,17-19,24,37H,5-14,16H2,(H,30,32,33). The molecule has 6 rings (SSSR count). The minimum atomic E-state index is -2.79. The molecule has 0 spiro atoms. The Morgan fingerprint density at radius 1 is 1.03 bits per heavy atom. The van der Waals surface area contributed by atoms with Gasteiger partial charge in [0.2, 0.25) is 11.9 Å². The Morgan fingerprint density at radius 3 is 2.56 bits per heavy atom. The van der Waals surface area contributed by atoms with Gasteiger partial charge in [-0.25, -0.2) is 13.8 Å². The number of halogens is 2. The molecule has 2 aromatic heterocycles. The van der Waals surface area contributed by atoms with Gasteiger partial charge in [-0.1, -0.05) is 12.1 Å². The van der Waals surface area contributed by atoms with E-state index < -0.39 is 6.43 Å². The molecular formula is C27H33F2N7O3. The molecule has 208 valence electrons. The molecule has 1 aliphatic carbocycles. The number of para-hydroxylation sites is 2. The van der Waals surface area contributed by atoms with Crippen LogP contribution < -0.4 is 10.2 Å². The number of hydrogen-bond donors (Lipinski definition) is 2. The third-order valence-corrected chi connectivity index (χ3v) is 7.90. The van der Waals surface area contributed by atoms with E-state index in [-0.39, 0.29) is 29.8 Å². The third-order valence-electron chi connectivity index (χ3n) is 7.90. The number of likely N-dealkylation sites (tertiary alicyclic amines) is 1. The first kappa shape index (κ1) is 25.9. The molecule has 0 bridgehead atoms. The monoisotopic (exact) mass is 541 g/mol. The lowest BCUT2D eigenvalue weighted by Gasteiger charge is -2.29. The number of imidazole rings is 1. The van der Waals surface area contributed by atoms with Crippen molar-refractivity contribution in [2.75, 3.05) is 49.6 Å². The number of anilines is 2. The van der Waals surface area contributed by atoms with Gasteiger partial charge in [0.1, 0.15) is 11.6 Å². The van der Waals surface area contributed by atoms with E-state index in [1.807, 2.05) is 9.80 Å². The number of aromatic nitrogens is 4. The normalized spacial score (nSPS) is 24.1. The number of amides is 1. The third kappa shape index (κ3) is 5.40. The molecule has 0 radical (unpaired) electrons. The number of aliphatic hydroxyl groups is 1. The zero-order chi connectivity index (χ0) is 26.9. The molecule has 12 heteroatoms. The van der Waals surface area contributed by atoms with Crippen molar-refractivity contribution in [1.82, 2.24) is 24.4 Å². The van der Waals surface area contributed by atoms with Crippen molar-refractivity contribution in [2.45, 2.75) is 50.7 Å². The molecule has 1 saturated carbocycles. The molecule has 1 amide bonds. The summed E-state index contributed by atoms with van der Waals surface area (Å²) in [6.45, 7) is 3.44. The largest absolute Gasteiger partial charge is 0.393 e. The number of nitrogens with one attached hydrogen (secondary N) is 1. The van der Waals surface area contributed by atoms with E-state index in [0.717, 1.165) is 19.3 Å². The highest BCUT2D eigenvalue weighted by molar-refractivity contribution is 5.79. The van der Waals surface area contributed by atoms with Crippen LogP contribution in [0.3, 0.4) is 0 Å². The highest BCUT2D eigenvalue weighted by atomic mass is 19.3. The Morgan fingerprint density at radius 2 is 1.79 bits per heavy atom. The molecule has 1 aromatic carbocycles. The fourth-order valence-electron chi connectivity index (χ4n) is 5.82. The Balaban J connectivity index is 1.28. The molecule has 1 atom stereocenters. The van der Waals surface area contributed by atoms with Crippen molar-refractivity contribution in [1.29, 1.82) is 0 Å². The van der Waals surface area contributed by atoms with Crippen LogP contribution in [-0.4, -0.2) is 87.0 Å². The maximum absolute atomic E-state index is 14.1. The molecule has 3 aliphatic rings. The van der Waals surface area contributed by atoms with Gasteiger partial charge in [0.15, 0.2) is 5.82 Å². The van der Waals surface area contributed by atoms with E-state index in [9.17, 15) is 18.7 Å². The number of aliphatic hydroxyl groups excluding tert-OH is 1. The Kier molecular flexibility index (Phi) is 7.30. The summed E-state index contributed by atoms with van der Waals surface area (Å²) >= 11 is 0. The van der Waals surface area contributed by atoms with Crippen LogP contribution in [0.15, 0.2) is 30.3 Å². The number of fused-ring (bicyclic) bond motifs is 1. The lowest BCUT2D eigenvalue weighted by atomic mass is 9.86. The number of carbonyl (C=O) groups excluding carboxylic acids is 1. The number of nitrogens with zero attached hydrogens (tertiary/aromatic N) is 6. The molecule has 4 heterocycles. The number of ether oxygens (including phenoxy) is 1. The van der Waals surface area contributed by atoms with Crippen molar-refractivity contribution >= 4 is 28.7 Å². The van der Waals surface area contributed by atoms with E-state index >= 15 is 0 Å². The lowest BCUT2D eigenvalue weighted by molar-refractivity contribution is -0.136. The van der Waals surface area contributed by atoms with Crippen LogP contribution in [-0.2, 0) is 9.53 Å². The van der Waals surface area contributed by atoms with Crippen LogP contribution in [0.1, 0.15) is 44.4 Å². The minimum absolute atomic E-state index is 0.0301. The van der Waals surface area contributed by atoms with Gasteiger partial charge in [-0.05, 0) is 44.2 Å². The van der Waals surface area contributed by atoms with Gasteiger partial charge in [-0.3, -0.25) is 9.36 Å². The molecule has 39 heavy (non-hydrogen) atoms. The zero-order valence-electron chi connectivity index (χ0n) is 21.7. The van der Waals surface area contributed by atoms with E-state index in [1.165, 1.54) is 4.57 Å². The van der Waals surface area contributed by atoms with Gasteiger partial charge in [-0.15, -0.1) is 0 Å². The number of alkyl halides is 2. The summed E-state index contributed by atoms with van der Waals surface area (Å²) in [6.07, 6.45) is 0.450. The number of carbonyl (C=O) groups is 1. The molecule has 1 unspecified atom stereocenters. The second-order valence-corrected chi connectivity index (χ2v) is 10.5. The summed E-state index contributed by atoms with van der Waals surface area (Å²) < 4.78 is 35.1. The second kappa shape index (κ2) is 11.0. The van der Waals surface area contributed by atoms with Crippen LogP contribution >= 0.6 is 0 Å². The molecule has 3 aromatic rings. The molecule has 2 N–H and O–H groups in total. The maximum atomic E-state index is 14.1. The van der Waals surface area contributed by atoms with E-state index in [1.54, 1.807) is 30.3 Å². The van der Waals surface area contributed by atoms with E-state index in [4.69, 9.17) is 14.7 Å². The smallest absolute Gasteiger partial charge is 0.296 e. The number of benzene rings is 1. The molecule has 10 nitrogen and oxygen atoms in total. The SMILES string of the molecule is O=C(C1CCC(O)CC1)N1CCC(Nc2cc(-n3c(C(F)F)nc4ccccc43)nc(N3CCOCC3)n2)C1. The Hall–Kier alpha value is -3.38. The Labute approximate surface area is 225 Å². The van der Waals surface area contributed by atoms with Crippen LogP contribution in [0.2, 0.25) is 0 Å². The van der Waals surface area contributed by atoms with Gasteiger partial charge in [0, 0.05) is 44.2 Å². The van der Waals surface area contributed by atoms with Gasteiger partial charge in [-0.2, -0.15) is 9.97 Å².